The summed E-state index contributed by atoms with van der Waals surface area (Å²) in [6, 6.07) is 9.23. The van der Waals surface area contributed by atoms with Crippen LogP contribution in [0.3, 0.4) is 0 Å². The molecule has 0 heterocycles. The van der Waals surface area contributed by atoms with Gasteiger partial charge in [0.15, 0.2) is 0 Å². The van der Waals surface area contributed by atoms with Gasteiger partial charge in [0, 0.05) is 17.5 Å². The lowest BCUT2D eigenvalue weighted by Crippen LogP contribution is -2.60. The van der Waals surface area contributed by atoms with Crippen molar-refractivity contribution in [1.29, 1.82) is 0 Å². The van der Waals surface area contributed by atoms with Gasteiger partial charge in [-0.05, 0) is 31.4 Å². The molecule has 0 aromatic heterocycles. The van der Waals surface area contributed by atoms with Crippen molar-refractivity contribution in [2.24, 2.45) is 5.41 Å². The molecule has 0 bridgehead atoms. The molecule has 2 heteroatoms. The van der Waals surface area contributed by atoms with Crippen LogP contribution in [0.1, 0.15) is 44.4 Å². The van der Waals surface area contributed by atoms with E-state index in [4.69, 9.17) is 0 Å². The maximum Gasteiger partial charge on any atom is 0.0621 e. The van der Waals surface area contributed by atoms with Crippen molar-refractivity contribution in [3.63, 3.8) is 0 Å². The van der Waals surface area contributed by atoms with Gasteiger partial charge in [-0.25, -0.2) is 0 Å². The van der Waals surface area contributed by atoms with Gasteiger partial charge in [0.25, 0.3) is 0 Å². The van der Waals surface area contributed by atoms with Gasteiger partial charge in [-0.2, -0.15) is 0 Å². The highest BCUT2D eigenvalue weighted by molar-refractivity contribution is 5.28. The Morgan fingerprint density at radius 2 is 2.00 bits per heavy atom. The summed E-state index contributed by atoms with van der Waals surface area (Å²) in [4.78, 5) is 0. The van der Waals surface area contributed by atoms with Gasteiger partial charge in [-0.15, -0.1) is 0 Å². The van der Waals surface area contributed by atoms with Crippen LogP contribution in [0, 0.1) is 12.3 Å². The summed E-state index contributed by atoms with van der Waals surface area (Å²) in [6.45, 7) is 8.60. The summed E-state index contributed by atoms with van der Waals surface area (Å²) in [6.07, 6.45) is 0.701. The molecule has 1 aromatic carbocycles. The smallest absolute Gasteiger partial charge is 0.0621 e. The minimum atomic E-state index is -0.163. The zero-order valence-electron chi connectivity index (χ0n) is 11.2. The van der Waals surface area contributed by atoms with Crippen LogP contribution in [0.5, 0.6) is 0 Å². The molecule has 2 rings (SSSR count). The maximum absolute atomic E-state index is 9.74. The van der Waals surface area contributed by atoms with E-state index in [1.165, 1.54) is 11.1 Å². The van der Waals surface area contributed by atoms with E-state index in [1.54, 1.807) is 0 Å². The number of benzene rings is 1. The van der Waals surface area contributed by atoms with Crippen molar-refractivity contribution < 1.29 is 5.11 Å². The number of aliphatic hydroxyl groups excluding tert-OH is 1. The fourth-order valence-electron chi connectivity index (χ4n) is 2.65. The minimum absolute atomic E-state index is 0.00303. The van der Waals surface area contributed by atoms with Crippen molar-refractivity contribution in [3.8, 4) is 0 Å². The molecule has 2 nitrogen and oxygen atoms in total. The Hall–Kier alpha value is -0.860. The Labute approximate surface area is 104 Å². The summed E-state index contributed by atoms with van der Waals surface area (Å²) < 4.78 is 0. The fraction of sp³-hybridized carbons (Fsp3) is 0.600. The van der Waals surface area contributed by atoms with E-state index >= 15 is 0 Å². The molecule has 3 atom stereocenters. The number of rotatable bonds is 3. The third kappa shape index (κ3) is 2.24. The molecule has 0 radical (unpaired) electrons. The van der Waals surface area contributed by atoms with E-state index in [0.29, 0.717) is 12.1 Å². The molecule has 17 heavy (non-hydrogen) atoms. The Bertz CT molecular complexity index is 400. The lowest BCUT2D eigenvalue weighted by Gasteiger charge is -2.50. The lowest BCUT2D eigenvalue weighted by atomic mass is 9.64. The molecule has 0 amide bonds. The molecule has 0 aliphatic heterocycles. The third-order valence-electron chi connectivity index (χ3n) is 4.32. The zero-order chi connectivity index (χ0) is 12.6. The van der Waals surface area contributed by atoms with Gasteiger partial charge in [-0.3, -0.25) is 0 Å². The lowest BCUT2D eigenvalue weighted by molar-refractivity contribution is -0.0754. The number of nitrogens with one attached hydrogen (secondary N) is 1. The quantitative estimate of drug-likeness (QED) is 0.841. The average Bonchev–Trinajstić information content (AvgIpc) is 2.29. The summed E-state index contributed by atoms with van der Waals surface area (Å²) in [5.41, 5.74) is 2.67. The SMILES string of the molecule is Cc1ccccc1[C@@H](C)NC1CC(O)C1(C)C. The first-order chi connectivity index (χ1) is 7.93. The van der Waals surface area contributed by atoms with Crippen LogP contribution in [0.2, 0.25) is 0 Å². The summed E-state index contributed by atoms with van der Waals surface area (Å²) in [5, 5.41) is 13.4. The Balaban J connectivity index is 2.04. The second kappa shape index (κ2) is 4.43. The van der Waals surface area contributed by atoms with E-state index in [9.17, 15) is 5.11 Å². The third-order valence-corrected chi connectivity index (χ3v) is 4.32. The molecule has 0 saturated heterocycles. The van der Waals surface area contributed by atoms with Crippen molar-refractivity contribution in [2.45, 2.75) is 52.3 Å². The summed E-state index contributed by atoms with van der Waals surface area (Å²) >= 11 is 0. The van der Waals surface area contributed by atoms with Crippen LogP contribution in [-0.2, 0) is 0 Å². The van der Waals surface area contributed by atoms with Crippen molar-refractivity contribution in [3.05, 3.63) is 35.4 Å². The van der Waals surface area contributed by atoms with Crippen molar-refractivity contribution >= 4 is 0 Å². The minimum Gasteiger partial charge on any atom is -0.392 e. The number of aliphatic hydroxyl groups is 1. The second-order valence-corrected chi connectivity index (χ2v) is 5.87. The molecule has 1 fully saturated rings. The van der Waals surface area contributed by atoms with Gasteiger partial charge in [-0.1, -0.05) is 38.1 Å². The fourth-order valence-corrected chi connectivity index (χ4v) is 2.65. The van der Waals surface area contributed by atoms with Gasteiger partial charge in [0.2, 0.25) is 0 Å². The topological polar surface area (TPSA) is 32.3 Å². The second-order valence-electron chi connectivity index (χ2n) is 5.87. The number of aryl methyl sites for hydroxylation is 1. The predicted molar refractivity (Wildman–Crippen MR) is 70.9 cm³/mol. The van der Waals surface area contributed by atoms with E-state index in [-0.39, 0.29) is 11.5 Å². The Morgan fingerprint density at radius 1 is 1.35 bits per heavy atom. The highest BCUT2D eigenvalue weighted by Gasteiger charge is 2.47. The predicted octanol–water partition coefficient (Wildman–Crippen LogP) is 2.81. The summed E-state index contributed by atoms with van der Waals surface area (Å²) in [5.74, 6) is 0. The van der Waals surface area contributed by atoms with Gasteiger partial charge < -0.3 is 10.4 Å². The molecule has 94 valence electrons. The highest BCUT2D eigenvalue weighted by Crippen LogP contribution is 2.41. The van der Waals surface area contributed by atoms with E-state index < -0.39 is 0 Å². The molecule has 1 saturated carbocycles. The standard InChI is InChI=1S/C15H23NO/c1-10-7-5-6-8-12(10)11(2)16-13-9-14(17)15(13,3)4/h5-8,11,13-14,16-17H,9H2,1-4H3/t11-,13?,14?/m1/s1. The van der Waals surface area contributed by atoms with Crippen LogP contribution in [-0.4, -0.2) is 17.3 Å². The molecule has 1 aliphatic carbocycles. The molecule has 2 N–H and O–H groups in total. The molecular formula is C15H23NO. The molecular weight excluding hydrogens is 210 g/mol. The van der Waals surface area contributed by atoms with Gasteiger partial charge >= 0.3 is 0 Å². The van der Waals surface area contributed by atoms with Crippen LogP contribution in [0.4, 0.5) is 0 Å². The summed E-state index contributed by atoms with van der Waals surface area (Å²) in [7, 11) is 0. The Morgan fingerprint density at radius 3 is 2.53 bits per heavy atom. The number of hydrogen-bond acceptors (Lipinski definition) is 2. The first kappa shape index (κ1) is 12.6. The first-order valence-electron chi connectivity index (χ1n) is 6.42. The molecule has 1 aliphatic rings. The maximum atomic E-state index is 9.74. The van der Waals surface area contributed by atoms with Crippen LogP contribution in [0.15, 0.2) is 24.3 Å². The van der Waals surface area contributed by atoms with Crippen molar-refractivity contribution in [1.82, 2.24) is 5.32 Å². The number of hydrogen-bond donors (Lipinski definition) is 2. The molecule has 1 aromatic rings. The van der Waals surface area contributed by atoms with E-state index in [1.807, 2.05) is 0 Å². The van der Waals surface area contributed by atoms with Crippen LogP contribution < -0.4 is 5.32 Å². The molecule has 0 spiro atoms. The van der Waals surface area contributed by atoms with E-state index in [0.717, 1.165) is 6.42 Å². The van der Waals surface area contributed by atoms with Crippen molar-refractivity contribution in [2.75, 3.05) is 0 Å². The van der Waals surface area contributed by atoms with E-state index in [2.05, 4.69) is 57.3 Å². The highest BCUT2D eigenvalue weighted by atomic mass is 16.3. The molecule has 2 unspecified atom stereocenters. The largest absolute Gasteiger partial charge is 0.392 e. The Kier molecular flexibility index (Phi) is 3.28. The first-order valence-corrected chi connectivity index (χ1v) is 6.42. The van der Waals surface area contributed by atoms with Crippen LogP contribution >= 0.6 is 0 Å². The van der Waals surface area contributed by atoms with Gasteiger partial charge in [0.1, 0.15) is 0 Å². The monoisotopic (exact) mass is 233 g/mol. The normalized spacial score (nSPS) is 28.5. The average molecular weight is 233 g/mol. The van der Waals surface area contributed by atoms with Gasteiger partial charge in [0.05, 0.1) is 6.10 Å². The zero-order valence-corrected chi connectivity index (χ0v) is 11.2. The van der Waals surface area contributed by atoms with Crippen LogP contribution in [0.25, 0.3) is 0 Å².